The summed E-state index contributed by atoms with van der Waals surface area (Å²) in [5.41, 5.74) is 6.00. The maximum absolute atomic E-state index is 13.8. The first kappa shape index (κ1) is 16.4. The van der Waals surface area contributed by atoms with Crippen molar-refractivity contribution >= 4 is 33.0 Å². The number of sulfonamides is 1. The Bertz CT molecular complexity index is 746. The molecule has 0 aliphatic heterocycles. The van der Waals surface area contributed by atoms with Gasteiger partial charge in [0.15, 0.2) is 0 Å². The lowest BCUT2D eigenvalue weighted by molar-refractivity contribution is 0.547. The van der Waals surface area contributed by atoms with Gasteiger partial charge < -0.3 is 5.73 Å². The number of nitrogens with two attached hydrogens (primary N) is 1. The number of halogens is 2. The number of benzene rings is 1. The molecule has 0 aliphatic carbocycles. The first-order chi connectivity index (χ1) is 9.83. The van der Waals surface area contributed by atoms with Crippen molar-refractivity contribution in [2.45, 2.75) is 24.4 Å². The fourth-order valence-corrected chi connectivity index (χ4v) is 4.28. The summed E-state index contributed by atoms with van der Waals surface area (Å²) in [6.45, 7) is 1.81. The highest BCUT2D eigenvalue weighted by Crippen LogP contribution is 2.28. The molecule has 0 bridgehead atoms. The molecule has 0 spiro atoms. The van der Waals surface area contributed by atoms with Crippen LogP contribution in [0.25, 0.3) is 0 Å². The molecule has 1 unspecified atom stereocenters. The van der Waals surface area contributed by atoms with Gasteiger partial charge in [-0.25, -0.2) is 17.5 Å². The van der Waals surface area contributed by atoms with Crippen molar-refractivity contribution in [1.82, 2.24) is 4.72 Å². The van der Waals surface area contributed by atoms with E-state index in [1.807, 2.05) is 0 Å². The topological polar surface area (TPSA) is 72.2 Å². The Morgan fingerprint density at radius 2 is 2.10 bits per heavy atom. The molecule has 1 aromatic carbocycles. The second-order valence-electron chi connectivity index (χ2n) is 4.45. The fraction of sp³-hybridized carbons (Fsp3) is 0.231. The molecule has 8 heteroatoms. The van der Waals surface area contributed by atoms with Crippen LogP contribution >= 0.6 is 22.9 Å². The van der Waals surface area contributed by atoms with E-state index in [2.05, 4.69) is 4.72 Å². The number of hydrogen-bond acceptors (Lipinski definition) is 4. The Morgan fingerprint density at radius 1 is 1.38 bits per heavy atom. The van der Waals surface area contributed by atoms with Gasteiger partial charge in [-0.1, -0.05) is 17.7 Å². The lowest BCUT2D eigenvalue weighted by Crippen LogP contribution is -2.27. The van der Waals surface area contributed by atoms with E-state index in [1.54, 1.807) is 19.1 Å². The molecule has 1 heterocycles. The van der Waals surface area contributed by atoms with Crippen LogP contribution in [-0.2, 0) is 16.6 Å². The van der Waals surface area contributed by atoms with Crippen LogP contribution in [0.2, 0.25) is 4.34 Å². The van der Waals surface area contributed by atoms with Crippen molar-refractivity contribution in [2.75, 3.05) is 0 Å². The average molecular weight is 349 g/mol. The van der Waals surface area contributed by atoms with E-state index in [-0.39, 0.29) is 6.54 Å². The van der Waals surface area contributed by atoms with Crippen molar-refractivity contribution in [2.24, 2.45) is 5.73 Å². The van der Waals surface area contributed by atoms with Gasteiger partial charge in [-0.15, -0.1) is 11.3 Å². The Balaban J connectivity index is 2.30. The third kappa shape index (κ3) is 3.81. The van der Waals surface area contributed by atoms with E-state index in [9.17, 15) is 12.8 Å². The normalized spacial score (nSPS) is 13.3. The summed E-state index contributed by atoms with van der Waals surface area (Å²) in [7, 11) is -3.98. The van der Waals surface area contributed by atoms with Gasteiger partial charge in [-0.3, -0.25) is 0 Å². The fourth-order valence-electron chi connectivity index (χ4n) is 1.80. The quantitative estimate of drug-likeness (QED) is 0.872. The zero-order valence-electron chi connectivity index (χ0n) is 11.1. The van der Waals surface area contributed by atoms with E-state index in [0.717, 1.165) is 10.9 Å². The predicted molar refractivity (Wildman–Crippen MR) is 82.4 cm³/mol. The van der Waals surface area contributed by atoms with Crippen molar-refractivity contribution in [1.29, 1.82) is 0 Å². The first-order valence-corrected chi connectivity index (χ1v) is 8.77. The highest BCUT2D eigenvalue weighted by Gasteiger charge is 2.23. The SMILES string of the molecule is CC(NS(=O)(=O)c1cc(CN)ccc1F)c1ccc(Cl)s1. The first-order valence-electron chi connectivity index (χ1n) is 6.09. The zero-order valence-corrected chi connectivity index (χ0v) is 13.5. The van der Waals surface area contributed by atoms with Crippen LogP contribution in [0.15, 0.2) is 35.2 Å². The molecule has 0 saturated carbocycles. The van der Waals surface area contributed by atoms with Crippen LogP contribution in [0.4, 0.5) is 4.39 Å². The molecule has 3 N–H and O–H groups in total. The van der Waals surface area contributed by atoms with Gasteiger partial charge in [0.2, 0.25) is 10.0 Å². The van der Waals surface area contributed by atoms with Crippen molar-refractivity contribution in [3.63, 3.8) is 0 Å². The average Bonchev–Trinajstić information content (AvgIpc) is 2.85. The third-order valence-corrected chi connectivity index (χ3v) is 5.84. The zero-order chi connectivity index (χ0) is 15.6. The minimum Gasteiger partial charge on any atom is -0.326 e. The molecule has 0 radical (unpaired) electrons. The van der Waals surface area contributed by atoms with E-state index in [1.165, 1.54) is 23.5 Å². The minimum atomic E-state index is -3.98. The number of thiophene rings is 1. The van der Waals surface area contributed by atoms with Gasteiger partial charge in [0, 0.05) is 11.4 Å². The second-order valence-corrected chi connectivity index (χ2v) is 7.88. The molecule has 2 rings (SSSR count). The summed E-state index contributed by atoms with van der Waals surface area (Å²) in [4.78, 5) is 0.346. The Kier molecular flexibility index (Phi) is 5.00. The highest BCUT2D eigenvalue weighted by atomic mass is 35.5. The standard InChI is InChI=1S/C13H14ClFN2O2S2/c1-8(11-4-5-13(14)20-11)17-21(18,19)12-6-9(7-16)2-3-10(12)15/h2-6,8,17H,7,16H2,1H3. The summed E-state index contributed by atoms with van der Waals surface area (Å²) in [6, 6.07) is 6.70. The van der Waals surface area contributed by atoms with Crippen LogP contribution in [0.5, 0.6) is 0 Å². The molecular weight excluding hydrogens is 335 g/mol. The largest absolute Gasteiger partial charge is 0.326 e. The lowest BCUT2D eigenvalue weighted by Gasteiger charge is -2.14. The summed E-state index contributed by atoms with van der Waals surface area (Å²) in [5.74, 6) is -0.809. The molecule has 0 amide bonds. The molecule has 1 aromatic heterocycles. The molecule has 114 valence electrons. The van der Waals surface area contributed by atoms with Gasteiger partial charge in [0.25, 0.3) is 0 Å². The molecule has 0 fully saturated rings. The van der Waals surface area contributed by atoms with Gasteiger partial charge in [0.1, 0.15) is 10.7 Å². The number of nitrogens with one attached hydrogen (secondary N) is 1. The minimum absolute atomic E-state index is 0.138. The highest BCUT2D eigenvalue weighted by molar-refractivity contribution is 7.89. The summed E-state index contributed by atoms with van der Waals surface area (Å²) >= 11 is 7.09. The van der Waals surface area contributed by atoms with Gasteiger partial charge in [-0.2, -0.15) is 0 Å². The monoisotopic (exact) mass is 348 g/mol. The maximum Gasteiger partial charge on any atom is 0.244 e. The molecule has 0 aliphatic rings. The molecular formula is C13H14ClFN2O2S2. The van der Waals surface area contributed by atoms with E-state index in [0.29, 0.717) is 9.90 Å². The molecule has 4 nitrogen and oxygen atoms in total. The van der Waals surface area contributed by atoms with E-state index < -0.39 is 26.8 Å². The van der Waals surface area contributed by atoms with E-state index in [4.69, 9.17) is 17.3 Å². The number of rotatable bonds is 5. The summed E-state index contributed by atoms with van der Waals surface area (Å²) in [5, 5.41) is 0. The van der Waals surface area contributed by atoms with Crippen LogP contribution in [0.1, 0.15) is 23.4 Å². The summed E-state index contributed by atoms with van der Waals surface area (Å²) in [6.07, 6.45) is 0. The van der Waals surface area contributed by atoms with Gasteiger partial charge in [-0.05, 0) is 36.8 Å². The second kappa shape index (κ2) is 6.41. The predicted octanol–water partition coefficient (Wildman–Crippen LogP) is 3.04. The van der Waals surface area contributed by atoms with Crippen molar-refractivity contribution in [3.05, 3.63) is 50.9 Å². The van der Waals surface area contributed by atoms with E-state index >= 15 is 0 Å². The number of hydrogen-bond donors (Lipinski definition) is 2. The maximum atomic E-state index is 13.8. The summed E-state index contributed by atoms with van der Waals surface area (Å²) < 4.78 is 41.4. The van der Waals surface area contributed by atoms with Crippen molar-refractivity contribution in [3.8, 4) is 0 Å². The van der Waals surface area contributed by atoms with Crippen LogP contribution in [-0.4, -0.2) is 8.42 Å². The lowest BCUT2D eigenvalue weighted by atomic mass is 10.2. The Labute approximate surface area is 131 Å². The smallest absolute Gasteiger partial charge is 0.244 e. The molecule has 2 aromatic rings. The van der Waals surface area contributed by atoms with Crippen LogP contribution in [0.3, 0.4) is 0 Å². The molecule has 0 saturated heterocycles. The van der Waals surface area contributed by atoms with Crippen molar-refractivity contribution < 1.29 is 12.8 Å². The molecule has 1 atom stereocenters. The van der Waals surface area contributed by atoms with Crippen LogP contribution < -0.4 is 10.5 Å². The van der Waals surface area contributed by atoms with Gasteiger partial charge >= 0.3 is 0 Å². The Hall–Kier alpha value is -0.990. The Morgan fingerprint density at radius 3 is 2.67 bits per heavy atom. The molecule has 21 heavy (non-hydrogen) atoms. The van der Waals surface area contributed by atoms with Crippen LogP contribution in [0, 0.1) is 5.82 Å². The third-order valence-electron chi connectivity index (χ3n) is 2.87. The van der Waals surface area contributed by atoms with Gasteiger partial charge in [0.05, 0.1) is 10.4 Å².